The van der Waals surface area contributed by atoms with E-state index in [1.807, 2.05) is 0 Å². The van der Waals surface area contributed by atoms with Crippen molar-refractivity contribution >= 4 is 45.1 Å². The fraction of sp³-hybridized carbons (Fsp3) is 0.222. The molecule has 76 valence electrons. The Morgan fingerprint density at radius 3 is 2.71 bits per heavy atom. The second-order valence-corrected chi connectivity index (χ2v) is 4.02. The van der Waals surface area contributed by atoms with Crippen molar-refractivity contribution in [2.75, 3.05) is 6.61 Å². The number of esters is 1. The van der Waals surface area contributed by atoms with Gasteiger partial charge in [0.2, 0.25) is 0 Å². The summed E-state index contributed by atoms with van der Waals surface area (Å²) in [6, 6.07) is 3.12. The molecule has 0 atom stereocenters. The maximum Gasteiger partial charge on any atom is 0.339 e. The number of carbonyl (C=O) groups excluding carboxylic acids is 1. The summed E-state index contributed by atoms with van der Waals surface area (Å²) in [4.78, 5) is 11.4. The first kappa shape index (κ1) is 11.8. The minimum absolute atomic E-state index is 0.274. The van der Waals surface area contributed by atoms with Crippen molar-refractivity contribution in [2.45, 2.75) is 6.92 Å². The summed E-state index contributed by atoms with van der Waals surface area (Å²) >= 11 is 14.9. The summed E-state index contributed by atoms with van der Waals surface area (Å²) in [5, 5.41) is 0.735. The molecular weight excluding hydrogens is 291 g/mol. The molecule has 2 nitrogen and oxygen atoms in total. The van der Waals surface area contributed by atoms with Crippen molar-refractivity contribution in [3.8, 4) is 0 Å². The van der Waals surface area contributed by atoms with Crippen LogP contribution in [0.3, 0.4) is 0 Å². The van der Waals surface area contributed by atoms with E-state index in [0.717, 1.165) is 0 Å². The Labute approximate surface area is 100 Å². The molecule has 0 amide bonds. The number of ether oxygens (including phenoxy) is 1. The molecule has 0 N–H and O–H groups in total. The predicted molar refractivity (Wildman–Crippen MR) is 60.1 cm³/mol. The molecule has 5 heteroatoms. The molecule has 0 aromatic heterocycles. The highest BCUT2D eigenvalue weighted by atomic mass is 79.9. The standard InChI is InChI=1S/C9H7BrCl2O2/c1-2-14-9(13)5-3-4-6(11)7(10)8(5)12/h3-4H,2H2,1H3. The van der Waals surface area contributed by atoms with Gasteiger partial charge in [-0.25, -0.2) is 4.79 Å². The van der Waals surface area contributed by atoms with Crippen molar-refractivity contribution in [1.29, 1.82) is 0 Å². The molecule has 0 aliphatic heterocycles. The first-order valence-electron chi connectivity index (χ1n) is 3.88. The zero-order chi connectivity index (χ0) is 10.7. The van der Waals surface area contributed by atoms with Gasteiger partial charge in [0.15, 0.2) is 0 Å². The molecule has 0 heterocycles. The van der Waals surface area contributed by atoms with Gasteiger partial charge in [-0.15, -0.1) is 0 Å². The molecule has 0 saturated heterocycles. The lowest BCUT2D eigenvalue weighted by Crippen LogP contribution is -2.05. The first-order chi connectivity index (χ1) is 6.57. The highest BCUT2D eigenvalue weighted by molar-refractivity contribution is 9.10. The molecule has 0 fully saturated rings. The van der Waals surface area contributed by atoms with Crippen LogP contribution >= 0.6 is 39.1 Å². The Hall–Kier alpha value is -0.250. The van der Waals surface area contributed by atoms with Gasteiger partial charge in [0, 0.05) is 0 Å². The third-order valence-corrected chi connectivity index (χ3v) is 3.52. The molecule has 14 heavy (non-hydrogen) atoms. The Morgan fingerprint density at radius 2 is 2.14 bits per heavy atom. The van der Waals surface area contributed by atoms with Gasteiger partial charge in [0.1, 0.15) is 0 Å². The summed E-state index contributed by atoms with van der Waals surface area (Å²) in [5.41, 5.74) is 0.310. The molecule has 0 unspecified atom stereocenters. The van der Waals surface area contributed by atoms with Gasteiger partial charge in [-0.1, -0.05) is 23.2 Å². The zero-order valence-electron chi connectivity index (χ0n) is 7.31. The van der Waals surface area contributed by atoms with E-state index in [4.69, 9.17) is 27.9 Å². The van der Waals surface area contributed by atoms with E-state index >= 15 is 0 Å². The summed E-state index contributed by atoms with van der Waals surface area (Å²) in [6.07, 6.45) is 0. The van der Waals surface area contributed by atoms with E-state index in [1.54, 1.807) is 13.0 Å². The molecule has 0 bridgehead atoms. The molecule has 1 rings (SSSR count). The molecule has 0 radical (unpaired) electrons. The second kappa shape index (κ2) is 5.01. The van der Waals surface area contributed by atoms with Crippen LogP contribution in [0.15, 0.2) is 16.6 Å². The van der Waals surface area contributed by atoms with Crippen LogP contribution in [-0.2, 0) is 4.74 Å². The van der Waals surface area contributed by atoms with Crippen LogP contribution in [0.4, 0.5) is 0 Å². The van der Waals surface area contributed by atoms with Crippen LogP contribution in [-0.4, -0.2) is 12.6 Å². The lowest BCUT2D eigenvalue weighted by atomic mass is 10.2. The quantitative estimate of drug-likeness (QED) is 0.611. The van der Waals surface area contributed by atoms with Crippen LogP contribution in [0, 0.1) is 0 Å². The molecule has 0 spiro atoms. The van der Waals surface area contributed by atoms with Gasteiger partial charge in [0.25, 0.3) is 0 Å². The number of hydrogen-bond donors (Lipinski definition) is 0. The number of halogens is 3. The van der Waals surface area contributed by atoms with Crippen molar-refractivity contribution in [2.24, 2.45) is 0 Å². The molecular formula is C9H7BrCl2O2. The van der Waals surface area contributed by atoms with Crippen LogP contribution < -0.4 is 0 Å². The Kier molecular flexibility index (Phi) is 4.23. The van der Waals surface area contributed by atoms with Crippen molar-refractivity contribution < 1.29 is 9.53 Å². The van der Waals surface area contributed by atoms with Gasteiger partial charge in [-0.3, -0.25) is 0 Å². The van der Waals surface area contributed by atoms with Gasteiger partial charge in [0.05, 0.1) is 26.7 Å². The monoisotopic (exact) mass is 296 g/mol. The number of rotatable bonds is 2. The second-order valence-electron chi connectivity index (χ2n) is 2.44. The van der Waals surface area contributed by atoms with E-state index < -0.39 is 5.97 Å². The Bertz CT molecular complexity index is 366. The average Bonchev–Trinajstić information content (AvgIpc) is 2.15. The van der Waals surface area contributed by atoms with Crippen LogP contribution in [0.2, 0.25) is 10.0 Å². The van der Waals surface area contributed by atoms with E-state index in [2.05, 4.69) is 15.9 Å². The van der Waals surface area contributed by atoms with Gasteiger partial charge in [-0.2, -0.15) is 0 Å². The van der Waals surface area contributed by atoms with E-state index in [0.29, 0.717) is 21.7 Å². The molecule has 0 saturated carbocycles. The van der Waals surface area contributed by atoms with Crippen molar-refractivity contribution in [3.63, 3.8) is 0 Å². The summed E-state index contributed by atoms with van der Waals surface area (Å²) in [7, 11) is 0. The lowest BCUT2D eigenvalue weighted by Gasteiger charge is -2.06. The Balaban J connectivity index is 3.11. The highest BCUT2D eigenvalue weighted by Crippen LogP contribution is 2.33. The lowest BCUT2D eigenvalue weighted by molar-refractivity contribution is 0.0526. The normalized spacial score (nSPS) is 10.0. The zero-order valence-corrected chi connectivity index (χ0v) is 10.4. The maximum atomic E-state index is 11.4. The van der Waals surface area contributed by atoms with Crippen LogP contribution in [0.25, 0.3) is 0 Å². The minimum atomic E-state index is -0.449. The van der Waals surface area contributed by atoms with Gasteiger partial charge >= 0.3 is 5.97 Å². The SMILES string of the molecule is CCOC(=O)c1ccc(Cl)c(Br)c1Cl. The number of carbonyl (C=O) groups is 1. The maximum absolute atomic E-state index is 11.4. The first-order valence-corrected chi connectivity index (χ1v) is 5.43. The van der Waals surface area contributed by atoms with Crippen LogP contribution in [0.1, 0.15) is 17.3 Å². The predicted octanol–water partition coefficient (Wildman–Crippen LogP) is 3.93. The van der Waals surface area contributed by atoms with E-state index in [-0.39, 0.29) is 5.02 Å². The number of hydrogen-bond acceptors (Lipinski definition) is 2. The third kappa shape index (κ3) is 2.41. The smallest absolute Gasteiger partial charge is 0.339 e. The molecule has 0 aliphatic carbocycles. The van der Waals surface area contributed by atoms with Crippen molar-refractivity contribution in [1.82, 2.24) is 0 Å². The highest BCUT2D eigenvalue weighted by Gasteiger charge is 2.15. The third-order valence-electron chi connectivity index (χ3n) is 1.53. The fourth-order valence-electron chi connectivity index (χ4n) is 0.892. The summed E-state index contributed by atoms with van der Waals surface area (Å²) < 4.78 is 5.32. The molecule has 1 aromatic carbocycles. The fourth-order valence-corrected chi connectivity index (χ4v) is 1.69. The largest absolute Gasteiger partial charge is 0.462 e. The van der Waals surface area contributed by atoms with Crippen molar-refractivity contribution in [3.05, 3.63) is 32.2 Å². The van der Waals surface area contributed by atoms with Gasteiger partial charge < -0.3 is 4.74 Å². The topological polar surface area (TPSA) is 26.3 Å². The minimum Gasteiger partial charge on any atom is -0.462 e. The average molecular weight is 298 g/mol. The van der Waals surface area contributed by atoms with E-state index in [1.165, 1.54) is 6.07 Å². The van der Waals surface area contributed by atoms with E-state index in [9.17, 15) is 4.79 Å². The van der Waals surface area contributed by atoms with Gasteiger partial charge in [-0.05, 0) is 35.0 Å². The molecule has 0 aliphatic rings. The Morgan fingerprint density at radius 1 is 1.50 bits per heavy atom. The number of benzene rings is 1. The summed E-state index contributed by atoms with van der Waals surface area (Å²) in [6.45, 7) is 2.05. The summed E-state index contributed by atoms with van der Waals surface area (Å²) in [5.74, 6) is -0.449. The van der Waals surface area contributed by atoms with Crippen LogP contribution in [0.5, 0.6) is 0 Å². The molecule has 1 aromatic rings.